The van der Waals surface area contributed by atoms with E-state index in [9.17, 15) is 9.59 Å². The van der Waals surface area contributed by atoms with Crippen LogP contribution in [0.3, 0.4) is 0 Å². The van der Waals surface area contributed by atoms with Crippen molar-refractivity contribution in [3.63, 3.8) is 0 Å². The molecule has 1 saturated carbocycles. The van der Waals surface area contributed by atoms with Crippen LogP contribution in [0.2, 0.25) is 0 Å². The van der Waals surface area contributed by atoms with Gasteiger partial charge in [-0.1, -0.05) is 0 Å². The summed E-state index contributed by atoms with van der Waals surface area (Å²) in [4.78, 5) is 27.9. The Balaban J connectivity index is 2.45. The molecule has 112 valence electrons. The van der Waals surface area contributed by atoms with Crippen molar-refractivity contribution < 1.29 is 9.84 Å². The van der Waals surface area contributed by atoms with E-state index in [2.05, 4.69) is 4.98 Å². The summed E-state index contributed by atoms with van der Waals surface area (Å²) in [7, 11) is 1.52. The first-order chi connectivity index (χ1) is 9.60. The third-order valence-electron chi connectivity index (χ3n) is 3.35. The Morgan fingerprint density at radius 1 is 1.50 bits per heavy atom. The van der Waals surface area contributed by atoms with Crippen LogP contribution in [0.25, 0.3) is 0 Å². The molecule has 20 heavy (non-hydrogen) atoms. The molecule has 1 aromatic heterocycles. The number of nitrogen functional groups attached to an aromatic ring is 1. The van der Waals surface area contributed by atoms with Gasteiger partial charge in [0.2, 0.25) is 0 Å². The number of methoxy groups -OCH3 is 1. The molecule has 2 rings (SSSR count). The molecule has 1 aliphatic carbocycles. The molecule has 1 heterocycles. The lowest BCUT2D eigenvalue weighted by molar-refractivity contribution is 0.186. The van der Waals surface area contributed by atoms with Gasteiger partial charge in [0.05, 0.1) is 19.8 Å². The van der Waals surface area contributed by atoms with E-state index >= 15 is 0 Å². The highest BCUT2D eigenvalue weighted by Crippen LogP contribution is 2.31. The van der Waals surface area contributed by atoms with Gasteiger partial charge in [-0.15, -0.1) is 0 Å². The Morgan fingerprint density at radius 2 is 2.20 bits per heavy atom. The van der Waals surface area contributed by atoms with Crippen molar-refractivity contribution in [2.24, 2.45) is 0 Å². The zero-order chi connectivity index (χ0) is 14.7. The van der Waals surface area contributed by atoms with Crippen LogP contribution in [-0.2, 0) is 11.3 Å². The molecule has 1 aliphatic rings. The maximum atomic E-state index is 12.0. The first kappa shape index (κ1) is 14.6. The van der Waals surface area contributed by atoms with E-state index in [1.54, 1.807) is 4.90 Å². The minimum atomic E-state index is -0.548. The smallest absolute Gasteiger partial charge is 0.330 e. The molecule has 1 aromatic rings. The quantitative estimate of drug-likeness (QED) is 0.575. The van der Waals surface area contributed by atoms with Gasteiger partial charge in [0.1, 0.15) is 11.5 Å². The molecule has 8 nitrogen and oxygen atoms in total. The van der Waals surface area contributed by atoms with Gasteiger partial charge in [0.25, 0.3) is 5.56 Å². The Hall–Kier alpha value is -1.80. The molecule has 1 fully saturated rings. The van der Waals surface area contributed by atoms with Gasteiger partial charge in [-0.2, -0.15) is 0 Å². The van der Waals surface area contributed by atoms with Crippen molar-refractivity contribution in [3.8, 4) is 0 Å². The second-order valence-corrected chi connectivity index (χ2v) is 4.79. The van der Waals surface area contributed by atoms with Gasteiger partial charge in [-0.3, -0.25) is 14.3 Å². The summed E-state index contributed by atoms with van der Waals surface area (Å²) in [6, 6.07) is 0.207. The van der Waals surface area contributed by atoms with Gasteiger partial charge in [0.15, 0.2) is 0 Å². The van der Waals surface area contributed by atoms with Gasteiger partial charge >= 0.3 is 5.69 Å². The number of aromatic nitrogens is 2. The number of aliphatic hydroxyl groups is 1. The van der Waals surface area contributed by atoms with Crippen LogP contribution >= 0.6 is 0 Å². The highest BCUT2D eigenvalue weighted by atomic mass is 16.5. The average molecular weight is 284 g/mol. The zero-order valence-corrected chi connectivity index (χ0v) is 11.5. The lowest BCUT2D eigenvalue weighted by Gasteiger charge is -2.25. The summed E-state index contributed by atoms with van der Waals surface area (Å²) >= 11 is 0. The normalized spacial score (nSPS) is 14.5. The van der Waals surface area contributed by atoms with Crippen LogP contribution in [0, 0.1) is 0 Å². The highest BCUT2D eigenvalue weighted by molar-refractivity contribution is 5.63. The fourth-order valence-electron chi connectivity index (χ4n) is 2.23. The van der Waals surface area contributed by atoms with Crippen molar-refractivity contribution in [2.75, 3.05) is 37.5 Å². The number of anilines is 2. The van der Waals surface area contributed by atoms with Crippen molar-refractivity contribution in [2.45, 2.75) is 25.4 Å². The van der Waals surface area contributed by atoms with Crippen LogP contribution < -0.4 is 21.9 Å². The summed E-state index contributed by atoms with van der Waals surface area (Å²) in [5.41, 5.74) is 5.19. The second kappa shape index (κ2) is 6.10. The standard InChI is InChI=1S/C12H20N4O4/c1-20-7-5-16-10(13)9(11(18)14-12(16)19)15(4-6-17)8-2-3-8/h8,17H,2-7,13H2,1H3,(H,14,18,19). The predicted octanol–water partition coefficient (Wildman–Crippen LogP) is -1.27. The fourth-order valence-corrected chi connectivity index (χ4v) is 2.23. The molecule has 0 radical (unpaired) electrons. The van der Waals surface area contributed by atoms with Gasteiger partial charge in [-0.25, -0.2) is 4.79 Å². The number of hydrogen-bond acceptors (Lipinski definition) is 6. The van der Waals surface area contributed by atoms with E-state index in [0.29, 0.717) is 13.2 Å². The molecule has 0 saturated heterocycles. The van der Waals surface area contributed by atoms with Crippen LogP contribution in [0.4, 0.5) is 11.5 Å². The minimum Gasteiger partial charge on any atom is -0.395 e. The molecule has 0 spiro atoms. The molecule has 0 aliphatic heterocycles. The average Bonchev–Trinajstić information content (AvgIpc) is 3.21. The van der Waals surface area contributed by atoms with Crippen molar-refractivity contribution in [1.29, 1.82) is 0 Å². The zero-order valence-electron chi connectivity index (χ0n) is 11.5. The van der Waals surface area contributed by atoms with E-state index in [-0.39, 0.29) is 30.7 Å². The summed E-state index contributed by atoms with van der Waals surface area (Å²) in [6.45, 7) is 0.828. The van der Waals surface area contributed by atoms with Crippen LogP contribution in [-0.4, -0.2) is 47.6 Å². The number of nitrogens with two attached hydrogens (primary N) is 1. The Morgan fingerprint density at radius 3 is 2.75 bits per heavy atom. The van der Waals surface area contributed by atoms with Crippen LogP contribution in [0.5, 0.6) is 0 Å². The summed E-state index contributed by atoms with van der Waals surface area (Å²) in [6.07, 6.45) is 1.91. The summed E-state index contributed by atoms with van der Waals surface area (Å²) in [5, 5.41) is 9.14. The number of H-pyrrole nitrogens is 1. The summed E-state index contributed by atoms with van der Waals surface area (Å²) < 4.78 is 6.22. The van der Waals surface area contributed by atoms with Crippen molar-refractivity contribution >= 4 is 11.5 Å². The second-order valence-electron chi connectivity index (χ2n) is 4.79. The molecule has 0 bridgehead atoms. The molecular formula is C12H20N4O4. The third-order valence-corrected chi connectivity index (χ3v) is 3.35. The predicted molar refractivity (Wildman–Crippen MR) is 75.1 cm³/mol. The van der Waals surface area contributed by atoms with Crippen molar-refractivity contribution in [1.82, 2.24) is 9.55 Å². The largest absolute Gasteiger partial charge is 0.395 e. The maximum Gasteiger partial charge on any atom is 0.330 e. The van der Waals surface area contributed by atoms with E-state index in [1.807, 2.05) is 0 Å². The molecule has 0 unspecified atom stereocenters. The number of ether oxygens (including phenoxy) is 1. The van der Waals surface area contributed by atoms with Crippen LogP contribution in [0.1, 0.15) is 12.8 Å². The molecule has 0 atom stereocenters. The molecule has 4 N–H and O–H groups in total. The Labute approximate surface area is 115 Å². The molecular weight excluding hydrogens is 264 g/mol. The molecule has 0 amide bonds. The minimum absolute atomic E-state index is 0.0768. The molecule has 8 heteroatoms. The highest BCUT2D eigenvalue weighted by Gasteiger charge is 2.32. The summed E-state index contributed by atoms with van der Waals surface area (Å²) in [5.74, 6) is 0.121. The fraction of sp³-hybridized carbons (Fsp3) is 0.667. The lowest BCUT2D eigenvalue weighted by Crippen LogP contribution is -2.40. The van der Waals surface area contributed by atoms with Gasteiger partial charge < -0.3 is 20.5 Å². The Bertz CT molecular complexity index is 576. The van der Waals surface area contributed by atoms with Crippen LogP contribution in [0.15, 0.2) is 9.59 Å². The van der Waals surface area contributed by atoms with E-state index in [0.717, 1.165) is 12.8 Å². The number of hydrogen-bond donors (Lipinski definition) is 3. The monoisotopic (exact) mass is 284 g/mol. The van der Waals surface area contributed by atoms with Crippen molar-refractivity contribution in [3.05, 3.63) is 20.8 Å². The first-order valence-electron chi connectivity index (χ1n) is 6.59. The Kier molecular flexibility index (Phi) is 4.46. The van der Waals surface area contributed by atoms with Gasteiger partial charge in [-0.05, 0) is 12.8 Å². The number of aromatic amines is 1. The topological polar surface area (TPSA) is 114 Å². The number of aliphatic hydroxyl groups excluding tert-OH is 1. The first-order valence-corrected chi connectivity index (χ1v) is 6.59. The number of nitrogens with zero attached hydrogens (tertiary/aromatic N) is 2. The number of rotatable bonds is 7. The lowest BCUT2D eigenvalue weighted by atomic mass is 10.3. The SMILES string of the molecule is COCCn1c(N)c(N(CCO)C2CC2)c(=O)[nH]c1=O. The van der Waals surface area contributed by atoms with E-state index < -0.39 is 11.2 Å². The molecule has 0 aromatic carbocycles. The number of nitrogens with one attached hydrogen (secondary N) is 1. The van der Waals surface area contributed by atoms with E-state index in [4.69, 9.17) is 15.6 Å². The van der Waals surface area contributed by atoms with E-state index in [1.165, 1.54) is 11.7 Å². The maximum absolute atomic E-state index is 12.0. The van der Waals surface area contributed by atoms with Gasteiger partial charge in [0, 0.05) is 19.7 Å². The third kappa shape index (κ3) is 2.86.